The number of fused-ring (bicyclic) bond motifs is 1. The quantitative estimate of drug-likeness (QED) is 0.875. The maximum absolute atomic E-state index is 11.3. The van der Waals surface area contributed by atoms with Gasteiger partial charge in [0.1, 0.15) is 13.2 Å². The second-order valence-corrected chi connectivity index (χ2v) is 6.98. The summed E-state index contributed by atoms with van der Waals surface area (Å²) in [6.45, 7) is 6.23. The molecular weight excluding hydrogens is 274 g/mol. The van der Waals surface area contributed by atoms with E-state index in [-0.39, 0.29) is 11.3 Å². The molecule has 112 valence electrons. The van der Waals surface area contributed by atoms with E-state index in [1.165, 1.54) is 5.56 Å². The first-order valence-corrected chi connectivity index (χ1v) is 8.65. The molecule has 0 saturated carbocycles. The Morgan fingerprint density at radius 2 is 1.95 bits per heavy atom. The summed E-state index contributed by atoms with van der Waals surface area (Å²) in [7, 11) is -0.748. The Balaban J connectivity index is 1.89. The van der Waals surface area contributed by atoms with Crippen molar-refractivity contribution >= 4 is 10.8 Å². The lowest BCUT2D eigenvalue weighted by molar-refractivity contribution is 0.171. The topological polar surface area (TPSA) is 47.6 Å². The van der Waals surface area contributed by atoms with Crippen LogP contribution in [0.5, 0.6) is 11.5 Å². The SMILES string of the molecule is CC(NCCC(C)S(C)=O)c1ccc2c(c1)OCCO2. The van der Waals surface area contributed by atoms with Crippen molar-refractivity contribution in [2.45, 2.75) is 31.6 Å². The second-order valence-electron chi connectivity index (χ2n) is 5.18. The van der Waals surface area contributed by atoms with Crippen LogP contribution in [0.3, 0.4) is 0 Å². The number of hydrogen-bond acceptors (Lipinski definition) is 4. The van der Waals surface area contributed by atoms with Gasteiger partial charge >= 0.3 is 0 Å². The molecule has 1 aliphatic rings. The molecule has 20 heavy (non-hydrogen) atoms. The van der Waals surface area contributed by atoms with Crippen LogP contribution in [0, 0.1) is 0 Å². The van der Waals surface area contributed by atoms with E-state index in [4.69, 9.17) is 9.47 Å². The van der Waals surface area contributed by atoms with Gasteiger partial charge in [0, 0.05) is 28.3 Å². The van der Waals surface area contributed by atoms with Crippen molar-refractivity contribution in [2.75, 3.05) is 26.0 Å². The molecule has 1 aromatic carbocycles. The van der Waals surface area contributed by atoms with Gasteiger partial charge in [0.25, 0.3) is 0 Å². The summed E-state index contributed by atoms with van der Waals surface area (Å²) in [6.07, 6.45) is 2.67. The van der Waals surface area contributed by atoms with Gasteiger partial charge in [-0.25, -0.2) is 0 Å². The standard InChI is InChI=1S/C15H23NO3S/c1-11(20(3)17)6-7-16-12(2)13-4-5-14-15(10-13)19-9-8-18-14/h4-5,10-12,16H,6-9H2,1-3H3. The summed E-state index contributed by atoms with van der Waals surface area (Å²) in [5.74, 6) is 1.65. The van der Waals surface area contributed by atoms with Crippen LogP contribution in [0.1, 0.15) is 31.9 Å². The van der Waals surface area contributed by atoms with Gasteiger partial charge in [-0.15, -0.1) is 0 Å². The molecule has 4 nitrogen and oxygen atoms in total. The van der Waals surface area contributed by atoms with Crippen LogP contribution in [-0.4, -0.2) is 35.5 Å². The van der Waals surface area contributed by atoms with Crippen LogP contribution < -0.4 is 14.8 Å². The zero-order valence-corrected chi connectivity index (χ0v) is 13.2. The van der Waals surface area contributed by atoms with E-state index in [0.29, 0.717) is 13.2 Å². The van der Waals surface area contributed by atoms with Gasteiger partial charge in [0.15, 0.2) is 11.5 Å². The van der Waals surface area contributed by atoms with Crippen molar-refractivity contribution in [3.8, 4) is 11.5 Å². The summed E-state index contributed by atoms with van der Waals surface area (Å²) in [5, 5.41) is 3.69. The molecule has 0 spiro atoms. The third kappa shape index (κ3) is 3.96. The number of hydrogen-bond donors (Lipinski definition) is 1. The predicted octanol–water partition coefficient (Wildman–Crippen LogP) is 2.27. The van der Waals surface area contributed by atoms with Gasteiger partial charge in [-0.1, -0.05) is 13.0 Å². The molecule has 0 radical (unpaired) electrons. The second kappa shape index (κ2) is 7.09. The summed E-state index contributed by atoms with van der Waals surface area (Å²) in [4.78, 5) is 0. The van der Waals surface area contributed by atoms with Crippen molar-refractivity contribution in [1.82, 2.24) is 5.32 Å². The molecule has 1 N–H and O–H groups in total. The fourth-order valence-electron chi connectivity index (χ4n) is 2.12. The van der Waals surface area contributed by atoms with Crippen LogP contribution in [0.4, 0.5) is 0 Å². The minimum absolute atomic E-state index is 0.231. The smallest absolute Gasteiger partial charge is 0.161 e. The van der Waals surface area contributed by atoms with Crippen LogP contribution in [0.25, 0.3) is 0 Å². The van der Waals surface area contributed by atoms with Gasteiger partial charge in [0.05, 0.1) is 0 Å². The van der Waals surface area contributed by atoms with E-state index in [1.54, 1.807) is 6.26 Å². The summed E-state index contributed by atoms with van der Waals surface area (Å²) in [5.41, 5.74) is 1.18. The van der Waals surface area contributed by atoms with Crippen LogP contribution in [0.2, 0.25) is 0 Å². The Hall–Kier alpha value is -1.07. The van der Waals surface area contributed by atoms with E-state index < -0.39 is 10.8 Å². The lowest BCUT2D eigenvalue weighted by Gasteiger charge is -2.21. The van der Waals surface area contributed by atoms with Gasteiger partial charge in [0.2, 0.25) is 0 Å². The third-order valence-electron chi connectivity index (χ3n) is 3.63. The van der Waals surface area contributed by atoms with E-state index in [1.807, 2.05) is 19.1 Å². The van der Waals surface area contributed by atoms with Crippen LogP contribution in [0.15, 0.2) is 18.2 Å². The molecule has 0 saturated heterocycles. The highest BCUT2D eigenvalue weighted by Crippen LogP contribution is 2.32. The zero-order valence-electron chi connectivity index (χ0n) is 12.3. The number of benzene rings is 1. The lowest BCUT2D eigenvalue weighted by Crippen LogP contribution is -2.24. The maximum atomic E-state index is 11.3. The number of nitrogens with one attached hydrogen (secondary N) is 1. The summed E-state index contributed by atoms with van der Waals surface area (Å²) < 4.78 is 22.4. The zero-order chi connectivity index (χ0) is 14.5. The van der Waals surface area contributed by atoms with Gasteiger partial charge in [-0.3, -0.25) is 4.21 Å². The number of ether oxygens (including phenoxy) is 2. The van der Waals surface area contributed by atoms with E-state index in [9.17, 15) is 4.21 Å². The Kier molecular flexibility index (Phi) is 5.43. The molecule has 1 aliphatic heterocycles. The molecule has 0 fully saturated rings. The highest BCUT2D eigenvalue weighted by Gasteiger charge is 2.14. The molecule has 5 heteroatoms. The molecular formula is C15H23NO3S. The highest BCUT2D eigenvalue weighted by molar-refractivity contribution is 7.84. The molecule has 3 unspecified atom stereocenters. The Morgan fingerprint density at radius 1 is 1.25 bits per heavy atom. The largest absolute Gasteiger partial charge is 0.486 e. The third-order valence-corrected chi connectivity index (χ3v) is 5.00. The number of rotatable bonds is 6. The molecule has 1 aromatic rings. The van der Waals surface area contributed by atoms with Crippen molar-refractivity contribution in [3.63, 3.8) is 0 Å². The van der Waals surface area contributed by atoms with Crippen molar-refractivity contribution in [3.05, 3.63) is 23.8 Å². The molecule has 2 rings (SSSR count). The molecule has 0 aliphatic carbocycles. The van der Waals surface area contributed by atoms with Gasteiger partial charge < -0.3 is 14.8 Å². The monoisotopic (exact) mass is 297 g/mol. The van der Waals surface area contributed by atoms with E-state index >= 15 is 0 Å². The predicted molar refractivity (Wildman–Crippen MR) is 82.0 cm³/mol. The first kappa shape index (κ1) is 15.3. The maximum Gasteiger partial charge on any atom is 0.161 e. The molecule has 0 amide bonds. The Morgan fingerprint density at radius 3 is 2.65 bits per heavy atom. The fourth-order valence-corrected chi connectivity index (χ4v) is 2.57. The molecule has 3 atom stereocenters. The summed E-state index contributed by atoms with van der Waals surface area (Å²) in [6, 6.07) is 6.30. The Labute approximate surface area is 123 Å². The van der Waals surface area contributed by atoms with Gasteiger partial charge in [-0.05, 0) is 37.6 Å². The average molecular weight is 297 g/mol. The Bertz CT molecular complexity index is 478. The van der Waals surface area contributed by atoms with Crippen LogP contribution in [-0.2, 0) is 10.8 Å². The van der Waals surface area contributed by atoms with E-state index in [0.717, 1.165) is 24.5 Å². The fraction of sp³-hybridized carbons (Fsp3) is 0.600. The van der Waals surface area contributed by atoms with Gasteiger partial charge in [-0.2, -0.15) is 0 Å². The minimum Gasteiger partial charge on any atom is -0.486 e. The van der Waals surface area contributed by atoms with Crippen molar-refractivity contribution in [2.24, 2.45) is 0 Å². The average Bonchev–Trinajstić information content (AvgIpc) is 2.46. The van der Waals surface area contributed by atoms with Crippen molar-refractivity contribution in [1.29, 1.82) is 0 Å². The lowest BCUT2D eigenvalue weighted by atomic mass is 10.1. The summed E-state index contributed by atoms with van der Waals surface area (Å²) >= 11 is 0. The molecule has 0 aromatic heterocycles. The molecule has 1 heterocycles. The van der Waals surface area contributed by atoms with Crippen LogP contribution >= 0.6 is 0 Å². The van der Waals surface area contributed by atoms with E-state index in [2.05, 4.69) is 18.3 Å². The molecule has 0 bridgehead atoms. The first-order chi connectivity index (χ1) is 9.58. The van der Waals surface area contributed by atoms with Crippen molar-refractivity contribution < 1.29 is 13.7 Å². The first-order valence-electron chi connectivity index (χ1n) is 7.03. The normalized spacial score (nSPS) is 18.4. The highest BCUT2D eigenvalue weighted by atomic mass is 32.2. The minimum atomic E-state index is -0.748.